The van der Waals surface area contributed by atoms with Crippen LogP contribution in [0.5, 0.6) is 0 Å². The maximum absolute atomic E-state index is 6.11. The molecule has 0 amide bonds. The molecule has 1 saturated carbocycles. The molecule has 5 fully saturated rings. The standard InChI is InChI=1S/C21H39N5O3/c1-25(2)19-8-6-15(11-22-19)20-23-21(29-24-20)16-4-3-9-26(16)12-14-5-7-17-18(10-14)28-13-27-17/h14-24H,3-13H2,1-2H3/p+2. The predicted molar refractivity (Wildman–Crippen MR) is 108 cm³/mol. The third-order valence-electron chi connectivity index (χ3n) is 8.20. The van der Waals surface area contributed by atoms with Crippen LogP contribution in [0.25, 0.3) is 0 Å². The van der Waals surface area contributed by atoms with Crippen molar-refractivity contribution in [1.82, 2.24) is 15.7 Å². The average molecular weight is 412 g/mol. The summed E-state index contributed by atoms with van der Waals surface area (Å²) in [5, 5.41) is 6.31. The first-order valence-corrected chi connectivity index (χ1v) is 11.9. The number of nitrogens with one attached hydrogen (secondary N) is 3. The molecule has 0 radical (unpaired) electrons. The molecule has 9 atom stereocenters. The number of hydrogen-bond acceptors (Lipinski definition) is 6. The van der Waals surface area contributed by atoms with Crippen molar-refractivity contribution in [1.29, 1.82) is 0 Å². The molecule has 0 bridgehead atoms. The van der Waals surface area contributed by atoms with E-state index in [1.165, 1.54) is 58.0 Å². The second-order valence-corrected chi connectivity index (χ2v) is 10.2. The first-order valence-electron chi connectivity index (χ1n) is 11.9. The van der Waals surface area contributed by atoms with Gasteiger partial charge in [-0.3, -0.25) is 15.1 Å². The zero-order valence-electron chi connectivity index (χ0n) is 18.1. The van der Waals surface area contributed by atoms with E-state index >= 15 is 0 Å². The van der Waals surface area contributed by atoms with Gasteiger partial charge in [0.2, 0.25) is 0 Å². The molecule has 8 nitrogen and oxygen atoms in total. The maximum atomic E-state index is 6.11. The fourth-order valence-electron chi connectivity index (χ4n) is 6.42. The van der Waals surface area contributed by atoms with Gasteiger partial charge in [0.05, 0.1) is 38.0 Å². The third kappa shape index (κ3) is 4.50. The smallest absolute Gasteiger partial charge is 0.183 e. The second-order valence-electron chi connectivity index (χ2n) is 10.2. The highest BCUT2D eigenvalue weighted by molar-refractivity contribution is 4.86. The zero-order chi connectivity index (χ0) is 19.8. The Morgan fingerprint density at radius 2 is 1.97 bits per heavy atom. The van der Waals surface area contributed by atoms with Crippen molar-refractivity contribution in [2.75, 3.05) is 40.5 Å². The number of likely N-dealkylation sites (tertiary alicyclic amines) is 1. The lowest BCUT2D eigenvalue weighted by Crippen LogP contribution is -3.16. The summed E-state index contributed by atoms with van der Waals surface area (Å²) in [6, 6.07) is 0.563. The highest BCUT2D eigenvalue weighted by Gasteiger charge is 2.45. The van der Waals surface area contributed by atoms with Gasteiger partial charge in [-0.2, -0.15) is 5.48 Å². The van der Waals surface area contributed by atoms with E-state index in [2.05, 4.69) is 35.1 Å². The number of hydroxylamine groups is 1. The minimum atomic E-state index is 0.145. The van der Waals surface area contributed by atoms with Crippen molar-refractivity contribution in [3.8, 4) is 0 Å². The monoisotopic (exact) mass is 411 g/mol. The van der Waals surface area contributed by atoms with Crippen LogP contribution in [-0.2, 0) is 14.3 Å². The van der Waals surface area contributed by atoms with Gasteiger partial charge in [-0.25, -0.2) is 0 Å². The molecule has 0 aromatic rings. The van der Waals surface area contributed by atoms with Crippen molar-refractivity contribution < 1.29 is 24.5 Å². The third-order valence-corrected chi connectivity index (χ3v) is 8.20. The molecule has 166 valence electrons. The minimum absolute atomic E-state index is 0.145. The fraction of sp³-hybridized carbons (Fsp3) is 1.00. The lowest BCUT2D eigenvalue weighted by molar-refractivity contribution is -0.919. The topological polar surface area (TPSA) is 76.0 Å². The molecule has 4 aliphatic heterocycles. The van der Waals surface area contributed by atoms with E-state index in [4.69, 9.17) is 14.3 Å². The summed E-state index contributed by atoms with van der Waals surface area (Å²) < 4.78 is 11.5. The molecule has 9 unspecified atom stereocenters. The van der Waals surface area contributed by atoms with Crippen LogP contribution in [0.1, 0.15) is 44.9 Å². The predicted octanol–water partition coefficient (Wildman–Crippen LogP) is -1.79. The first kappa shape index (κ1) is 20.6. The molecule has 29 heavy (non-hydrogen) atoms. The van der Waals surface area contributed by atoms with Crippen molar-refractivity contribution in [3.05, 3.63) is 0 Å². The number of ether oxygens (including phenoxy) is 2. The van der Waals surface area contributed by atoms with Crippen molar-refractivity contribution in [2.45, 2.75) is 81.8 Å². The van der Waals surface area contributed by atoms with Crippen LogP contribution in [0.4, 0.5) is 0 Å². The number of fused-ring (bicyclic) bond motifs is 1. The quantitative estimate of drug-likeness (QED) is 0.428. The molecular weight excluding hydrogens is 370 g/mol. The number of hydrogen-bond donors (Lipinski definition) is 4. The Bertz CT molecular complexity index is 544. The largest absolute Gasteiger partial charge is 0.349 e. The molecule has 5 aliphatic rings. The number of nitrogens with two attached hydrogens (primary N) is 1. The van der Waals surface area contributed by atoms with Gasteiger partial charge in [-0.05, 0) is 39.8 Å². The summed E-state index contributed by atoms with van der Waals surface area (Å²) in [7, 11) is 4.37. The van der Waals surface area contributed by atoms with E-state index in [1.54, 1.807) is 4.90 Å². The molecule has 5 N–H and O–H groups in total. The number of piperidine rings is 1. The second kappa shape index (κ2) is 9.04. The summed E-state index contributed by atoms with van der Waals surface area (Å²) >= 11 is 0. The van der Waals surface area contributed by atoms with Crippen molar-refractivity contribution >= 4 is 0 Å². The van der Waals surface area contributed by atoms with Gasteiger partial charge in [-0.15, -0.1) is 0 Å². The van der Waals surface area contributed by atoms with Crippen LogP contribution in [0.15, 0.2) is 0 Å². The van der Waals surface area contributed by atoms with E-state index < -0.39 is 0 Å². The van der Waals surface area contributed by atoms with Crippen molar-refractivity contribution in [3.63, 3.8) is 0 Å². The van der Waals surface area contributed by atoms with Crippen LogP contribution in [0, 0.1) is 11.8 Å². The van der Waals surface area contributed by atoms with Gasteiger partial charge >= 0.3 is 0 Å². The molecular formula is C21H41N5O3+2. The van der Waals surface area contributed by atoms with Gasteiger partial charge in [0.1, 0.15) is 19.0 Å². The number of rotatable bonds is 5. The van der Waals surface area contributed by atoms with Crippen LogP contribution in [-0.4, -0.2) is 82.2 Å². The summed E-state index contributed by atoms with van der Waals surface area (Å²) in [5.41, 5.74) is 3.36. The van der Waals surface area contributed by atoms with Gasteiger partial charge in [0.15, 0.2) is 6.23 Å². The normalized spacial score (nSPS) is 48.3. The van der Waals surface area contributed by atoms with Crippen LogP contribution >= 0.6 is 0 Å². The molecule has 4 saturated heterocycles. The molecule has 0 aromatic carbocycles. The van der Waals surface area contributed by atoms with E-state index in [1.807, 2.05) is 0 Å². The van der Waals surface area contributed by atoms with Crippen LogP contribution < -0.4 is 21.0 Å². The first-order chi connectivity index (χ1) is 14.2. The minimum Gasteiger partial charge on any atom is -0.349 e. The average Bonchev–Trinajstić information content (AvgIpc) is 3.48. The summed E-state index contributed by atoms with van der Waals surface area (Å²) in [4.78, 5) is 10.2. The van der Waals surface area contributed by atoms with Gasteiger partial charge in [0, 0.05) is 31.1 Å². The number of quaternary nitrogens is 2. The van der Waals surface area contributed by atoms with Gasteiger partial charge < -0.3 is 19.7 Å². The highest BCUT2D eigenvalue weighted by atomic mass is 16.7. The summed E-state index contributed by atoms with van der Waals surface area (Å²) in [6.07, 6.45) is 10.5. The summed E-state index contributed by atoms with van der Waals surface area (Å²) in [5.74, 6) is 1.39. The lowest BCUT2D eigenvalue weighted by Gasteiger charge is -2.34. The van der Waals surface area contributed by atoms with Crippen LogP contribution in [0.2, 0.25) is 0 Å². The van der Waals surface area contributed by atoms with E-state index in [-0.39, 0.29) is 6.23 Å². The van der Waals surface area contributed by atoms with E-state index in [0.29, 0.717) is 43.3 Å². The Labute approximate surface area is 174 Å². The Balaban J connectivity index is 1.11. The maximum Gasteiger partial charge on any atom is 0.183 e. The Kier molecular flexibility index (Phi) is 6.42. The Morgan fingerprint density at radius 1 is 1.07 bits per heavy atom. The number of nitrogens with zero attached hydrogens (tertiary/aromatic N) is 1. The summed E-state index contributed by atoms with van der Waals surface area (Å²) in [6.45, 7) is 4.20. The van der Waals surface area contributed by atoms with E-state index in [9.17, 15) is 0 Å². The van der Waals surface area contributed by atoms with Crippen molar-refractivity contribution in [2.24, 2.45) is 11.8 Å². The fourth-order valence-corrected chi connectivity index (χ4v) is 6.42. The Hall–Kier alpha value is -0.320. The molecule has 0 aromatic heterocycles. The SMILES string of the molecule is CN(C)C1CCC(C2NOC(C3CCC[NH+]3CC3CCC4OCOC4C3)N2)C[NH2+]1. The van der Waals surface area contributed by atoms with E-state index in [0.717, 1.165) is 12.5 Å². The molecule has 4 heterocycles. The highest BCUT2D eigenvalue weighted by Crippen LogP contribution is 2.31. The molecule has 1 aliphatic carbocycles. The molecule has 0 spiro atoms. The zero-order valence-corrected chi connectivity index (χ0v) is 18.1. The molecule has 8 heteroatoms. The molecule has 5 rings (SSSR count). The van der Waals surface area contributed by atoms with Crippen LogP contribution in [0.3, 0.4) is 0 Å². The van der Waals surface area contributed by atoms with Gasteiger partial charge in [0.25, 0.3) is 0 Å². The Morgan fingerprint density at radius 3 is 2.79 bits per heavy atom. The van der Waals surface area contributed by atoms with Gasteiger partial charge in [-0.1, -0.05) is 0 Å². The lowest BCUT2D eigenvalue weighted by atomic mass is 9.85.